The standard InChI is InChI=1S/C13H13N3O3/c17-12-10(5-2-6-14-12)16-7-15-11-8(13(18)19)3-1-4-9(11)16/h1,3-4,7,10H,2,5-6H2,(H,14,17)(H,18,19). The molecule has 6 heteroatoms. The van der Waals surface area contributed by atoms with Crippen LogP contribution < -0.4 is 5.32 Å². The second-order valence-corrected chi connectivity index (χ2v) is 4.58. The number of nitrogens with one attached hydrogen (secondary N) is 1. The number of nitrogens with zero attached hydrogens (tertiary/aromatic N) is 2. The minimum absolute atomic E-state index is 0.0359. The third-order valence-corrected chi connectivity index (χ3v) is 3.43. The van der Waals surface area contributed by atoms with E-state index < -0.39 is 5.97 Å². The first-order valence-corrected chi connectivity index (χ1v) is 6.15. The number of carbonyl (C=O) groups excluding carboxylic acids is 1. The number of amides is 1. The second kappa shape index (κ2) is 4.38. The molecule has 0 saturated carbocycles. The third kappa shape index (κ3) is 1.85. The van der Waals surface area contributed by atoms with Gasteiger partial charge in [-0.3, -0.25) is 4.79 Å². The number of hydrogen-bond donors (Lipinski definition) is 2. The number of carboxylic acids is 1. The predicted octanol–water partition coefficient (Wildman–Crippen LogP) is 1.19. The fraction of sp³-hybridized carbons (Fsp3) is 0.308. The van der Waals surface area contributed by atoms with E-state index in [1.807, 2.05) is 0 Å². The zero-order valence-corrected chi connectivity index (χ0v) is 10.2. The average molecular weight is 259 g/mol. The first kappa shape index (κ1) is 11.7. The Hall–Kier alpha value is -2.37. The van der Waals surface area contributed by atoms with Crippen LogP contribution in [0.15, 0.2) is 24.5 Å². The molecule has 0 radical (unpaired) electrons. The highest BCUT2D eigenvalue weighted by Gasteiger charge is 2.25. The number of aromatic carboxylic acids is 1. The molecule has 2 N–H and O–H groups in total. The lowest BCUT2D eigenvalue weighted by atomic mass is 10.1. The van der Waals surface area contributed by atoms with Crippen LogP contribution in [0.5, 0.6) is 0 Å². The van der Waals surface area contributed by atoms with Crippen molar-refractivity contribution >= 4 is 22.9 Å². The van der Waals surface area contributed by atoms with Crippen molar-refractivity contribution in [1.29, 1.82) is 0 Å². The Bertz CT molecular complexity index is 662. The maximum Gasteiger partial charge on any atom is 0.337 e. The molecule has 1 atom stereocenters. The van der Waals surface area contributed by atoms with Crippen molar-refractivity contribution in [3.63, 3.8) is 0 Å². The molecule has 1 aromatic carbocycles. The van der Waals surface area contributed by atoms with E-state index >= 15 is 0 Å². The quantitative estimate of drug-likeness (QED) is 0.848. The smallest absolute Gasteiger partial charge is 0.337 e. The van der Waals surface area contributed by atoms with Gasteiger partial charge in [0.1, 0.15) is 11.6 Å². The molecule has 0 spiro atoms. The fourth-order valence-corrected chi connectivity index (χ4v) is 2.50. The summed E-state index contributed by atoms with van der Waals surface area (Å²) in [4.78, 5) is 27.2. The second-order valence-electron chi connectivity index (χ2n) is 4.58. The van der Waals surface area contributed by atoms with Crippen LogP contribution in [-0.4, -0.2) is 33.1 Å². The topological polar surface area (TPSA) is 84.2 Å². The lowest BCUT2D eigenvalue weighted by Gasteiger charge is -2.23. The van der Waals surface area contributed by atoms with Crippen molar-refractivity contribution in [3.8, 4) is 0 Å². The summed E-state index contributed by atoms with van der Waals surface area (Å²) in [6.07, 6.45) is 3.20. The van der Waals surface area contributed by atoms with Gasteiger partial charge in [0.2, 0.25) is 5.91 Å². The van der Waals surface area contributed by atoms with E-state index in [4.69, 9.17) is 5.11 Å². The highest BCUT2D eigenvalue weighted by molar-refractivity contribution is 6.01. The Morgan fingerprint density at radius 1 is 1.47 bits per heavy atom. The van der Waals surface area contributed by atoms with Gasteiger partial charge in [0.15, 0.2) is 0 Å². The Kier molecular flexibility index (Phi) is 2.70. The van der Waals surface area contributed by atoms with Crippen molar-refractivity contribution in [1.82, 2.24) is 14.9 Å². The highest BCUT2D eigenvalue weighted by atomic mass is 16.4. The molecule has 0 aliphatic carbocycles. The van der Waals surface area contributed by atoms with Crippen LogP contribution in [0.3, 0.4) is 0 Å². The van der Waals surface area contributed by atoms with Crippen molar-refractivity contribution < 1.29 is 14.7 Å². The minimum atomic E-state index is -1.01. The molecule has 1 aromatic heterocycles. The lowest BCUT2D eigenvalue weighted by molar-refractivity contribution is -0.125. The molecular weight excluding hydrogens is 246 g/mol. The van der Waals surface area contributed by atoms with E-state index in [-0.39, 0.29) is 17.5 Å². The molecule has 1 aliphatic heterocycles. The van der Waals surface area contributed by atoms with Crippen LogP contribution in [0.2, 0.25) is 0 Å². The molecule has 3 rings (SSSR count). The van der Waals surface area contributed by atoms with Gasteiger partial charge < -0.3 is 15.0 Å². The number of rotatable bonds is 2. The SMILES string of the molecule is O=C(O)c1cccc2c1ncn2C1CCCNC1=O. The summed E-state index contributed by atoms with van der Waals surface area (Å²) in [6, 6.07) is 4.67. The summed E-state index contributed by atoms with van der Waals surface area (Å²) in [7, 11) is 0. The molecule has 6 nitrogen and oxygen atoms in total. The number of carbonyl (C=O) groups is 2. The average Bonchev–Trinajstić information content (AvgIpc) is 2.82. The molecule has 19 heavy (non-hydrogen) atoms. The van der Waals surface area contributed by atoms with Crippen LogP contribution >= 0.6 is 0 Å². The number of imidazole rings is 1. The van der Waals surface area contributed by atoms with E-state index in [0.717, 1.165) is 12.8 Å². The van der Waals surface area contributed by atoms with Crippen LogP contribution in [0, 0.1) is 0 Å². The van der Waals surface area contributed by atoms with Crippen LogP contribution in [-0.2, 0) is 4.79 Å². The molecule has 98 valence electrons. The summed E-state index contributed by atoms with van der Waals surface area (Å²) in [6.45, 7) is 0.697. The van der Waals surface area contributed by atoms with Gasteiger partial charge in [0.25, 0.3) is 0 Å². The van der Waals surface area contributed by atoms with Gasteiger partial charge in [0.05, 0.1) is 17.4 Å². The van der Waals surface area contributed by atoms with Gasteiger partial charge in [-0.1, -0.05) is 6.07 Å². The first-order chi connectivity index (χ1) is 9.18. The molecule has 1 unspecified atom stereocenters. The number of piperidine rings is 1. The zero-order chi connectivity index (χ0) is 13.4. The number of aromatic nitrogens is 2. The highest BCUT2D eigenvalue weighted by Crippen LogP contribution is 2.25. The Morgan fingerprint density at radius 3 is 3.05 bits per heavy atom. The summed E-state index contributed by atoms with van der Waals surface area (Å²) in [5.41, 5.74) is 1.27. The van der Waals surface area contributed by atoms with Crippen LogP contribution in [0.4, 0.5) is 0 Å². The molecule has 1 fully saturated rings. The fourth-order valence-electron chi connectivity index (χ4n) is 2.50. The maximum atomic E-state index is 11.9. The Labute approximate surface area is 109 Å². The molecule has 2 heterocycles. The van der Waals surface area contributed by atoms with E-state index in [1.54, 1.807) is 23.0 Å². The molecule has 1 saturated heterocycles. The van der Waals surface area contributed by atoms with Crippen molar-refractivity contribution in [3.05, 3.63) is 30.1 Å². The minimum Gasteiger partial charge on any atom is -0.478 e. The first-order valence-electron chi connectivity index (χ1n) is 6.15. The van der Waals surface area contributed by atoms with Gasteiger partial charge in [0, 0.05) is 6.54 Å². The molecule has 2 aromatic rings. The zero-order valence-electron chi connectivity index (χ0n) is 10.2. The normalized spacial score (nSPS) is 19.4. The van der Waals surface area contributed by atoms with Gasteiger partial charge in [-0.25, -0.2) is 9.78 Å². The number of hydrogen-bond acceptors (Lipinski definition) is 3. The number of para-hydroxylation sites is 1. The van der Waals surface area contributed by atoms with E-state index in [1.165, 1.54) is 6.07 Å². The van der Waals surface area contributed by atoms with E-state index in [0.29, 0.717) is 17.6 Å². The number of benzene rings is 1. The van der Waals surface area contributed by atoms with Crippen molar-refractivity contribution in [2.24, 2.45) is 0 Å². The van der Waals surface area contributed by atoms with E-state index in [2.05, 4.69) is 10.3 Å². The Morgan fingerprint density at radius 2 is 2.32 bits per heavy atom. The molecular formula is C13H13N3O3. The number of fused-ring (bicyclic) bond motifs is 1. The summed E-state index contributed by atoms with van der Waals surface area (Å²) < 4.78 is 1.76. The lowest BCUT2D eigenvalue weighted by Crippen LogP contribution is -2.37. The van der Waals surface area contributed by atoms with Gasteiger partial charge in [-0.2, -0.15) is 0 Å². The van der Waals surface area contributed by atoms with Gasteiger partial charge in [-0.05, 0) is 25.0 Å². The predicted molar refractivity (Wildman–Crippen MR) is 68.0 cm³/mol. The summed E-state index contributed by atoms with van der Waals surface area (Å²) >= 11 is 0. The molecule has 1 amide bonds. The van der Waals surface area contributed by atoms with Crippen LogP contribution in [0.25, 0.3) is 11.0 Å². The third-order valence-electron chi connectivity index (χ3n) is 3.43. The van der Waals surface area contributed by atoms with Crippen molar-refractivity contribution in [2.45, 2.75) is 18.9 Å². The van der Waals surface area contributed by atoms with Gasteiger partial charge in [-0.15, -0.1) is 0 Å². The van der Waals surface area contributed by atoms with Crippen LogP contribution in [0.1, 0.15) is 29.2 Å². The monoisotopic (exact) mass is 259 g/mol. The summed E-state index contributed by atoms with van der Waals surface area (Å²) in [5, 5.41) is 11.9. The molecule has 1 aliphatic rings. The molecule has 0 bridgehead atoms. The largest absolute Gasteiger partial charge is 0.478 e. The Balaban J connectivity index is 2.13. The van der Waals surface area contributed by atoms with E-state index in [9.17, 15) is 9.59 Å². The van der Waals surface area contributed by atoms with Gasteiger partial charge >= 0.3 is 5.97 Å². The summed E-state index contributed by atoms with van der Waals surface area (Å²) in [5.74, 6) is -1.05. The number of carboxylic acid groups (broad SMARTS) is 1. The maximum absolute atomic E-state index is 11.9. The van der Waals surface area contributed by atoms with Crippen molar-refractivity contribution in [2.75, 3.05) is 6.54 Å².